The van der Waals surface area contributed by atoms with Gasteiger partial charge in [0.05, 0.1) is 12.7 Å². The molecule has 2 N–H and O–H groups in total. The van der Waals surface area contributed by atoms with Crippen molar-refractivity contribution in [3.05, 3.63) is 77.8 Å². The molecule has 27 heavy (non-hydrogen) atoms. The zero-order chi connectivity index (χ0) is 18.9. The predicted octanol–water partition coefficient (Wildman–Crippen LogP) is 3.95. The Morgan fingerprint density at radius 3 is 2.56 bits per heavy atom. The highest BCUT2D eigenvalue weighted by Crippen LogP contribution is 2.20. The molecule has 1 heterocycles. The summed E-state index contributed by atoms with van der Waals surface area (Å²) in [6.45, 7) is 3.41. The number of hydrogen-bond donors (Lipinski definition) is 2. The van der Waals surface area contributed by atoms with E-state index in [-0.39, 0.29) is 0 Å². The van der Waals surface area contributed by atoms with Gasteiger partial charge in [0.15, 0.2) is 11.7 Å². The minimum absolute atomic E-state index is 0.490. The standard InChI is InChI=1S/C22H26N4O/c1-17-10-12-19(13-11-17)20-15-25-21(27-20)16-26-22(23-2)24-14-6-9-18-7-4-3-5-8-18/h3-5,7-8,10-13,15H,6,9,14,16H2,1-2H3,(H2,23,24,26). The fraction of sp³-hybridized carbons (Fsp3) is 0.273. The zero-order valence-electron chi connectivity index (χ0n) is 15.9. The van der Waals surface area contributed by atoms with Crippen molar-refractivity contribution in [2.45, 2.75) is 26.3 Å². The molecule has 1 aromatic heterocycles. The molecule has 0 spiro atoms. The summed E-state index contributed by atoms with van der Waals surface area (Å²) in [7, 11) is 1.76. The van der Waals surface area contributed by atoms with Crippen LogP contribution in [0.3, 0.4) is 0 Å². The Morgan fingerprint density at radius 1 is 1.04 bits per heavy atom. The zero-order valence-corrected chi connectivity index (χ0v) is 15.9. The minimum Gasteiger partial charge on any atom is -0.439 e. The molecule has 0 aliphatic rings. The van der Waals surface area contributed by atoms with Crippen LogP contribution in [-0.4, -0.2) is 24.5 Å². The molecule has 2 aromatic carbocycles. The van der Waals surface area contributed by atoms with Crippen molar-refractivity contribution in [2.24, 2.45) is 4.99 Å². The molecule has 140 valence electrons. The topological polar surface area (TPSA) is 62.5 Å². The number of aromatic nitrogens is 1. The van der Waals surface area contributed by atoms with Gasteiger partial charge >= 0.3 is 0 Å². The SMILES string of the molecule is CN=C(NCCCc1ccccc1)NCc1ncc(-c2ccc(C)cc2)o1. The molecule has 5 heteroatoms. The van der Waals surface area contributed by atoms with E-state index in [0.717, 1.165) is 36.7 Å². The van der Waals surface area contributed by atoms with E-state index in [2.05, 4.69) is 63.9 Å². The Bertz CT molecular complexity index is 854. The molecule has 0 fully saturated rings. The first-order valence-corrected chi connectivity index (χ1v) is 9.25. The monoisotopic (exact) mass is 362 g/mol. The molecule has 3 rings (SSSR count). The van der Waals surface area contributed by atoms with E-state index in [0.29, 0.717) is 12.4 Å². The van der Waals surface area contributed by atoms with Crippen LogP contribution in [-0.2, 0) is 13.0 Å². The van der Waals surface area contributed by atoms with Gasteiger partial charge < -0.3 is 15.1 Å². The Kier molecular flexibility index (Phi) is 6.63. The Morgan fingerprint density at radius 2 is 1.81 bits per heavy atom. The summed E-state index contributed by atoms with van der Waals surface area (Å²) in [6.07, 6.45) is 3.85. The first-order valence-electron chi connectivity index (χ1n) is 9.25. The lowest BCUT2D eigenvalue weighted by Gasteiger charge is -2.10. The van der Waals surface area contributed by atoms with Gasteiger partial charge in [-0.25, -0.2) is 4.98 Å². The van der Waals surface area contributed by atoms with Gasteiger partial charge in [0.1, 0.15) is 0 Å². The van der Waals surface area contributed by atoms with Crippen LogP contribution in [0.4, 0.5) is 0 Å². The fourth-order valence-corrected chi connectivity index (χ4v) is 2.77. The number of oxazole rings is 1. The van der Waals surface area contributed by atoms with Crippen molar-refractivity contribution < 1.29 is 4.42 Å². The molecule has 0 aliphatic carbocycles. The molecule has 0 bridgehead atoms. The molecular weight excluding hydrogens is 336 g/mol. The predicted molar refractivity (Wildman–Crippen MR) is 110 cm³/mol. The van der Waals surface area contributed by atoms with Crippen LogP contribution in [0, 0.1) is 6.92 Å². The van der Waals surface area contributed by atoms with Crippen LogP contribution in [0.15, 0.2) is 70.2 Å². The number of aliphatic imine (C=N–C) groups is 1. The molecule has 0 unspecified atom stereocenters. The van der Waals surface area contributed by atoms with Crippen LogP contribution in [0.1, 0.15) is 23.4 Å². The normalized spacial score (nSPS) is 11.4. The number of rotatable bonds is 7. The molecular formula is C22H26N4O. The van der Waals surface area contributed by atoms with E-state index >= 15 is 0 Å². The van der Waals surface area contributed by atoms with Gasteiger partial charge in [0.25, 0.3) is 0 Å². The van der Waals surface area contributed by atoms with Crippen molar-refractivity contribution in [2.75, 3.05) is 13.6 Å². The van der Waals surface area contributed by atoms with Crippen LogP contribution in [0.25, 0.3) is 11.3 Å². The molecule has 0 amide bonds. The Balaban J connectivity index is 1.43. The second-order valence-corrected chi connectivity index (χ2v) is 6.43. The highest BCUT2D eigenvalue weighted by atomic mass is 16.4. The number of hydrogen-bond acceptors (Lipinski definition) is 3. The van der Waals surface area contributed by atoms with Crippen LogP contribution in [0.2, 0.25) is 0 Å². The number of nitrogens with one attached hydrogen (secondary N) is 2. The van der Waals surface area contributed by atoms with E-state index < -0.39 is 0 Å². The van der Waals surface area contributed by atoms with Gasteiger partial charge in [-0.15, -0.1) is 0 Å². The molecule has 3 aromatic rings. The number of nitrogens with zero attached hydrogens (tertiary/aromatic N) is 2. The third-order valence-electron chi connectivity index (χ3n) is 4.30. The largest absolute Gasteiger partial charge is 0.439 e. The van der Waals surface area contributed by atoms with Crippen molar-refractivity contribution in [1.82, 2.24) is 15.6 Å². The van der Waals surface area contributed by atoms with E-state index in [1.807, 2.05) is 18.2 Å². The lowest BCUT2D eigenvalue weighted by atomic mass is 10.1. The number of guanidine groups is 1. The Labute approximate surface area is 160 Å². The first-order chi connectivity index (χ1) is 13.2. The highest BCUT2D eigenvalue weighted by Gasteiger charge is 2.07. The summed E-state index contributed by atoms with van der Waals surface area (Å²) >= 11 is 0. The molecule has 0 saturated carbocycles. The number of benzene rings is 2. The van der Waals surface area contributed by atoms with Crippen molar-refractivity contribution in [3.8, 4) is 11.3 Å². The molecule has 5 nitrogen and oxygen atoms in total. The van der Waals surface area contributed by atoms with E-state index in [9.17, 15) is 0 Å². The summed E-state index contributed by atoms with van der Waals surface area (Å²) in [5, 5.41) is 6.57. The summed E-state index contributed by atoms with van der Waals surface area (Å²) in [5.41, 5.74) is 3.61. The second-order valence-electron chi connectivity index (χ2n) is 6.43. The van der Waals surface area contributed by atoms with Crippen molar-refractivity contribution in [3.63, 3.8) is 0 Å². The summed E-state index contributed by atoms with van der Waals surface area (Å²) < 4.78 is 5.83. The lowest BCUT2D eigenvalue weighted by Crippen LogP contribution is -2.37. The third-order valence-corrected chi connectivity index (χ3v) is 4.30. The molecule has 0 radical (unpaired) electrons. The Hall–Kier alpha value is -3.08. The van der Waals surface area contributed by atoms with Crippen LogP contribution in [0.5, 0.6) is 0 Å². The van der Waals surface area contributed by atoms with E-state index in [4.69, 9.17) is 4.42 Å². The van der Waals surface area contributed by atoms with Crippen molar-refractivity contribution in [1.29, 1.82) is 0 Å². The minimum atomic E-state index is 0.490. The second kappa shape index (κ2) is 9.57. The van der Waals surface area contributed by atoms with Gasteiger partial charge in [-0.05, 0) is 25.3 Å². The van der Waals surface area contributed by atoms with E-state index in [1.165, 1.54) is 11.1 Å². The van der Waals surface area contributed by atoms with Gasteiger partial charge in [0.2, 0.25) is 5.89 Å². The number of aryl methyl sites for hydroxylation is 2. The molecule has 0 aliphatic heterocycles. The highest BCUT2D eigenvalue weighted by molar-refractivity contribution is 5.79. The maximum Gasteiger partial charge on any atom is 0.214 e. The average molecular weight is 362 g/mol. The van der Waals surface area contributed by atoms with Crippen LogP contribution < -0.4 is 10.6 Å². The first kappa shape index (κ1) is 18.7. The van der Waals surface area contributed by atoms with Crippen LogP contribution >= 0.6 is 0 Å². The van der Waals surface area contributed by atoms with Gasteiger partial charge in [-0.1, -0.05) is 60.2 Å². The smallest absolute Gasteiger partial charge is 0.214 e. The maximum atomic E-state index is 5.83. The van der Waals surface area contributed by atoms with Crippen molar-refractivity contribution >= 4 is 5.96 Å². The third kappa shape index (κ3) is 5.71. The van der Waals surface area contributed by atoms with Gasteiger partial charge in [-0.3, -0.25) is 4.99 Å². The van der Waals surface area contributed by atoms with Gasteiger partial charge in [0, 0.05) is 19.2 Å². The molecule has 0 saturated heterocycles. The average Bonchev–Trinajstić information content (AvgIpc) is 3.18. The summed E-state index contributed by atoms with van der Waals surface area (Å²) in [5.74, 6) is 2.16. The van der Waals surface area contributed by atoms with E-state index in [1.54, 1.807) is 13.2 Å². The lowest BCUT2D eigenvalue weighted by molar-refractivity contribution is 0.497. The summed E-state index contributed by atoms with van der Waals surface area (Å²) in [6, 6.07) is 18.7. The summed E-state index contributed by atoms with van der Waals surface area (Å²) in [4.78, 5) is 8.59. The van der Waals surface area contributed by atoms with Gasteiger partial charge in [-0.2, -0.15) is 0 Å². The quantitative estimate of drug-likeness (QED) is 0.380. The maximum absolute atomic E-state index is 5.83. The fourth-order valence-electron chi connectivity index (χ4n) is 2.77. The molecule has 0 atom stereocenters.